The maximum absolute atomic E-state index is 14.0. The highest BCUT2D eigenvalue weighted by atomic mass is 19.4. The Balaban J connectivity index is 2.07. The van der Waals surface area contributed by atoms with Gasteiger partial charge in [-0.25, -0.2) is 19.2 Å². The Bertz CT molecular complexity index is 572. The van der Waals surface area contributed by atoms with Crippen molar-refractivity contribution in [2.24, 2.45) is 0 Å². The molecule has 2 heterocycles. The van der Waals surface area contributed by atoms with Crippen LogP contribution in [0.3, 0.4) is 0 Å². The van der Waals surface area contributed by atoms with E-state index in [1.165, 1.54) is 12.0 Å². The van der Waals surface area contributed by atoms with Crippen LogP contribution in [0.5, 0.6) is 0 Å². The second-order valence-corrected chi connectivity index (χ2v) is 4.68. The number of carbonyl (C=O) groups excluding carboxylic acids is 1. The van der Waals surface area contributed by atoms with Gasteiger partial charge in [0.1, 0.15) is 6.17 Å². The van der Waals surface area contributed by atoms with Crippen LogP contribution in [0.25, 0.3) is 0 Å². The number of nitrogens with zero attached hydrogens (tertiary/aromatic N) is 3. The molecule has 0 saturated carbocycles. The molecule has 1 aliphatic rings. The second kappa shape index (κ2) is 6.29. The number of ether oxygens (including phenoxy) is 1. The number of hydrogen-bond acceptors (Lipinski definition) is 5. The quantitative estimate of drug-likeness (QED) is 0.475. The zero-order valence-electron chi connectivity index (χ0n) is 11.6. The zero-order chi connectivity index (χ0) is 16.3. The van der Waals surface area contributed by atoms with E-state index in [1.54, 1.807) is 0 Å². The first-order valence-corrected chi connectivity index (χ1v) is 6.38. The van der Waals surface area contributed by atoms with Gasteiger partial charge in [-0.15, -0.1) is 0 Å². The number of aromatic nitrogens is 2. The number of rotatable bonds is 2. The number of methoxy groups -OCH3 is 1. The van der Waals surface area contributed by atoms with Gasteiger partial charge >= 0.3 is 12.1 Å². The van der Waals surface area contributed by atoms with Crippen LogP contribution < -0.4 is 4.90 Å². The molecule has 1 unspecified atom stereocenters. The van der Waals surface area contributed by atoms with Gasteiger partial charge in [-0.05, 0) is 12.0 Å². The molecule has 0 amide bonds. The standard InChI is InChI=1S/C13H13F4N3O2/c1-22-11(21)4-8-2-3-20(7-10(8)14)12-18-5-9(6-19-12)13(15,16)17/h4-6,10H,2-3,7H2,1H3/b8-4+. The van der Waals surface area contributed by atoms with E-state index >= 15 is 0 Å². The van der Waals surface area contributed by atoms with Crippen LogP contribution in [-0.4, -0.2) is 42.3 Å². The lowest BCUT2D eigenvalue weighted by Crippen LogP contribution is -2.39. The largest absolute Gasteiger partial charge is 0.466 e. The average molecular weight is 319 g/mol. The predicted octanol–water partition coefficient (Wildman–Crippen LogP) is 2.14. The molecule has 0 N–H and O–H groups in total. The summed E-state index contributed by atoms with van der Waals surface area (Å²) in [6, 6.07) is 0. The normalized spacial score (nSPS) is 21.0. The van der Waals surface area contributed by atoms with Crippen LogP contribution >= 0.6 is 0 Å². The molecule has 1 saturated heterocycles. The molecule has 9 heteroatoms. The van der Waals surface area contributed by atoms with Gasteiger partial charge in [-0.2, -0.15) is 13.2 Å². The van der Waals surface area contributed by atoms with Crippen molar-refractivity contribution < 1.29 is 27.1 Å². The van der Waals surface area contributed by atoms with Crippen molar-refractivity contribution in [2.75, 3.05) is 25.1 Å². The summed E-state index contributed by atoms with van der Waals surface area (Å²) in [5.74, 6) is -0.621. The van der Waals surface area contributed by atoms with Gasteiger partial charge < -0.3 is 9.64 Å². The number of alkyl halides is 4. The van der Waals surface area contributed by atoms with E-state index in [-0.39, 0.29) is 24.5 Å². The third kappa shape index (κ3) is 3.71. The molecule has 22 heavy (non-hydrogen) atoms. The maximum atomic E-state index is 14.0. The Kier molecular flexibility index (Phi) is 4.62. The van der Waals surface area contributed by atoms with Crippen molar-refractivity contribution in [1.29, 1.82) is 0 Å². The highest BCUT2D eigenvalue weighted by Crippen LogP contribution is 2.29. The Morgan fingerprint density at radius 1 is 1.41 bits per heavy atom. The summed E-state index contributed by atoms with van der Waals surface area (Å²) in [5.41, 5.74) is -0.675. The second-order valence-electron chi connectivity index (χ2n) is 4.68. The molecule has 0 bridgehead atoms. The average Bonchev–Trinajstić information content (AvgIpc) is 2.48. The summed E-state index contributed by atoms with van der Waals surface area (Å²) >= 11 is 0. The number of hydrogen-bond donors (Lipinski definition) is 0. The van der Waals surface area contributed by atoms with E-state index in [1.807, 2.05) is 0 Å². The van der Waals surface area contributed by atoms with Gasteiger partial charge in [0.25, 0.3) is 0 Å². The van der Waals surface area contributed by atoms with Crippen LogP contribution in [0, 0.1) is 0 Å². The van der Waals surface area contributed by atoms with E-state index in [4.69, 9.17) is 0 Å². The van der Waals surface area contributed by atoms with Gasteiger partial charge in [-0.3, -0.25) is 0 Å². The molecule has 1 aromatic heterocycles. The van der Waals surface area contributed by atoms with E-state index in [2.05, 4.69) is 14.7 Å². The first kappa shape index (κ1) is 16.2. The summed E-state index contributed by atoms with van der Waals surface area (Å²) in [6.07, 6.45) is -3.29. The lowest BCUT2D eigenvalue weighted by atomic mass is 10.0. The summed E-state index contributed by atoms with van der Waals surface area (Å²) in [7, 11) is 1.19. The highest BCUT2D eigenvalue weighted by molar-refractivity contribution is 5.82. The van der Waals surface area contributed by atoms with Crippen molar-refractivity contribution >= 4 is 11.9 Å². The monoisotopic (exact) mass is 319 g/mol. The van der Waals surface area contributed by atoms with Gasteiger partial charge in [0, 0.05) is 25.0 Å². The van der Waals surface area contributed by atoms with Gasteiger partial charge in [0.05, 0.1) is 19.2 Å². The maximum Gasteiger partial charge on any atom is 0.419 e. The first-order valence-electron chi connectivity index (χ1n) is 6.38. The lowest BCUT2D eigenvalue weighted by Gasteiger charge is -2.30. The summed E-state index contributed by atoms with van der Waals surface area (Å²) in [6.45, 7) is 0.169. The third-order valence-corrected chi connectivity index (χ3v) is 3.21. The van der Waals surface area contributed by atoms with Crippen molar-refractivity contribution in [3.05, 3.63) is 29.6 Å². The van der Waals surface area contributed by atoms with Crippen molar-refractivity contribution in [1.82, 2.24) is 9.97 Å². The summed E-state index contributed by atoms with van der Waals surface area (Å²) in [5, 5.41) is 0. The minimum absolute atomic E-state index is 0.0211. The number of halogens is 4. The predicted molar refractivity (Wildman–Crippen MR) is 68.9 cm³/mol. The van der Waals surface area contributed by atoms with E-state index in [9.17, 15) is 22.4 Å². The Hall–Kier alpha value is -2.19. The fourth-order valence-electron chi connectivity index (χ4n) is 2.01. The van der Waals surface area contributed by atoms with E-state index < -0.39 is 23.9 Å². The molecule has 1 atom stereocenters. The summed E-state index contributed by atoms with van der Waals surface area (Å²) in [4.78, 5) is 19.8. The fourth-order valence-corrected chi connectivity index (χ4v) is 2.01. The molecular weight excluding hydrogens is 306 g/mol. The molecule has 1 aliphatic heterocycles. The van der Waals surface area contributed by atoms with Gasteiger partial charge in [-0.1, -0.05) is 0 Å². The highest BCUT2D eigenvalue weighted by Gasteiger charge is 2.32. The minimum atomic E-state index is -4.51. The first-order chi connectivity index (χ1) is 10.3. The Morgan fingerprint density at radius 3 is 2.55 bits per heavy atom. The number of carbonyl (C=O) groups is 1. The molecule has 0 spiro atoms. The molecule has 5 nitrogen and oxygen atoms in total. The molecule has 0 aromatic carbocycles. The number of piperidine rings is 1. The topological polar surface area (TPSA) is 55.3 Å². The molecule has 120 valence electrons. The minimum Gasteiger partial charge on any atom is -0.466 e. The van der Waals surface area contributed by atoms with Crippen LogP contribution in [0.1, 0.15) is 12.0 Å². The lowest BCUT2D eigenvalue weighted by molar-refractivity contribution is -0.138. The van der Waals surface area contributed by atoms with Gasteiger partial charge in [0.15, 0.2) is 0 Å². The number of esters is 1. The van der Waals surface area contributed by atoms with Crippen LogP contribution in [-0.2, 0) is 15.7 Å². The SMILES string of the molecule is COC(=O)/C=C1\CCN(c2ncc(C(F)(F)F)cn2)CC1F. The van der Waals surface area contributed by atoms with Gasteiger partial charge in [0.2, 0.25) is 5.95 Å². The van der Waals surface area contributed by atoms with Crippen molar-refractivity contribution in [3.8, 4) is 0 Å². The van der Waals surface area contributed by atoms with Crippen LogP contribution in [0.4, 0.5) is 23.5 Å². The van der Waals surface area contributed by atoms with E-state index in [0.29, 0.717) is 18.9 Å². The summed E-state index contributed by atoms with van der Waals surface area (Å²) < 4.78 is 55.7. The zero-order valence-corrected chi connectivity index (χ0v) is 11.6. The third-order valence-electron chi connectivity index (χ3n) is 3.21. The van der Waals surface area contributed by atoms with Crippen molar-refractivity contribution in [3.63, 3.8) is 0 Å². The van der Waals surface area contributed by atoms with E-state index in [0.717, 1.165) is 6.08 Å². The molecule has 0 radical (unpaired) electrons. The fraction of sp³-hybridized carbons (Fsp3) is 0.462. The molecule has 0 aliphatic carbocycles. The van der Waals surface area contributed by atoms with Crippen LogP contribution in [0.15, 0.2) is 24.0 Å². The Labute approximate surface area is 123 Å². The molecule has 1 aromatic rings. The van der Waals surface area contributed by atoms with Crippen molar-refractivity contribution in [2.45, 2.75) is 18.8 Å². The smallest absolute Gasteiger partial charge is 0.419 e. The molecular formula is C13H13F4N3O2. The molecule has 2 rings (SSSR count). The Morgan fingerprint density at radius 2 is 2.05 bits per heavy atom. The van der Waals surface area contributed by atoms with Crippen LogP contribution in [0.2, 0.25) is 0 Å². The molecule has 1 fully saturated rings. The number of anilines is 1.